The highest BCUT2D eigenvalue weighted by Crippen LogP contribution is 2.38. The maximum absolute atomic E-state index is 6.46. The first-order valence-electron chi connectivity index (χ1n) is 15.5. The van der Waals surface area contributed by atoms with Crippen LogP contribution < -0.4 is 4.74 Å². The molecule has 0 fully saturated rings. The lowest BCUT2D eigenvalue weighted by Gasteiger charge is -2.22. The summed E-state index contributed by atoms with van der Waals surface area (Å²) in [6.07, 6.45) is 3.76. The zero-order valence-electron chi connectivity index (χ0n) is 27.5. The van der Waals surface area contributed by atoms with Gasteiger partial charge in [-0.1, -0.05) is 98.7 Å². The number of hydrogen-bond acceptors (Lipinski definition) is 3. The first-order chi connectivity index (χ1) is 20.7. The molecule has 6 aromatic rings. The van der Waals surface area contributed by atoms with Crippen molar-refractivity contribution in [3.05, 3.63) is 114 Å². The molecule has 0 saturated heterocycles. The largest absolute Gasteiger partial charge is 0.439 e. The number of rotatable bonds is 4. The minimum atomic E-state index is -0.0644. The van der Waals surface area contributed by atoms with Crippen molar-refractivity contribution in [2.75, 3.05) is 0 Å². The molecule has 0 aliphatic rings. The standard InChI is InChI=1S/C40H43N3O/c1-38(2,3)28-16-18-41-36(24-28)43-34-13-11-10-12-32(34)33-15-14-26(22-35(33)43)27-20-30(40(7,8)9)23-31(21-27)44-37-25-29(17-19-42-37)39(4,5)6/h10-25H,1-9H3. The van der Waals surface area contributed by atoms with Crippen molar-refractivity contribution in [2.45, 2.75) is 78.6 Å². The summed E-state index contributed by atoms with van der Waals surface area (Å²) < 4.78 is 8.76. The number of aromatic nitrogens is 3. The van der Waals surface area contributed by atoms with Gasteiger partial charge in [-0.15, -0.1) is 0 Å². The van der Waals surface area contributed by atoms with Gasteiger partial charge in [-0.25, -0.2) is 9.97 Å². The molecule has 0 spiro atoms. The summed E-state index contributed by atoms with van der Waals surface area (Å²) in [5, 5.41) is 2.42. The maximum atomic E-state index is 6.46. The van der Waals surface area contributed by atoms with Gasteiger partial charge >= 0.3 is 0 Å². The van der Waals surface area contributed by atoms with Gasteiger partial charge in [0.2, 0.25) is 5.88 Å². The molecule has 0 saturated carbocycles. The topological polar surface area (TPSA) is 39.9 Å². The van der Waals surface area contributed by atoms with Crippen LogP contribution in [0.5, 0.6) is 11.6 Å². The molecule has 4 nitrogen and oxygen atoms in total. The van der Waals surface area contributed by atoms with E-state index in [-0.39, 0.29) is 16.2 Å². The van der Waals surface area contributed by atoms with E-state index in [9.17, 15) is 0 Å². The first-order valence-corrected chi connectivity index (χ1v) is 15.5. The van der Waals surface area contributed by atoms with Crippen molar-refractivity contribution >= 4 is 21.8 Å². The van der Waals surface area contributed by atoms with Crippen LogP contribution in [0.2, 0.25) is 0 Å². The number of hydrogen-bond donors (Lipinski definition) is 0. The van der Waals surface area contributed by atoms with Crippen LogP contribution in [0.1, 0.15) is 79.0 Å². The highest BCUT2D eigenvalue weighted by molar-refractivity contribution is 6.10. The summed E-state index contributed by atoms with van der Waals surface area (Å²) >= 11 is 0. The monoisotopic (exact) mass is 581 g/mol. The molecular weight excluding hydrogens is 538 g/mol. The van der Waals surface area contributed by atoms with E-state index in [1.165, 1.54) is 27.5 Å². The van der Waals surface area contributed by atoms with Crippen LogP contribution in [0.25, 0.3) is 38.8 Å². The second-order valence-electron chi connectivity index (χ2n) is 15.0. The molecule has 0 aliphatic carbocycles. The summed E-state index contributed by atoms with van der Waals surface area (Å²) in [4.78, 5) is 9.41. The molecule has 3 aromatic heterocycles. The third kappa shape index (κ3) is 5.74. The van der Waals surface area contributed by atoms with Gasteiger partial charge in [0.15, 0.2) is 0 Å². The molecule has 0 bridgehead atoms. The third-order valence-corrected chi connectivity index (χ3v) is 8.44. The molecular formula is C40H43N3O. The average molecular weight is 582 g/mol. The third-order valence-electron chi connectivity index (χ3n) is 8.44. The van der Waals surface area contributed by atoms with Crippen LogP contribution in [0.3, 0.4) is 0 Å². The van der Waals surface area contributed by atoms with Crippen molar-refractivity contribution in [2.24, 2.45) is 0 Å². The lowest BCUT2D eigenvalue weighted by Crippen LogP contribution is -2.12. The second kappa shape index (κ2) is 10.6. The quantitative estimate of drug-likeness (QED) is 0.208. The van der Waals surface area contributed by atoms with E-state index in [4.69, 9.17) is 9.72 Å². The van der Waals surface area contributed by atoms with Crippen LogP contribution in [-0.4, -0.2) is 14.5 Å². The fourth-order valence-electron chi connectivity index (χ4n) is 5.71. The van der Waals surface area contributed by atoms with E-state index in [1.54, 1.807) is 0 Å². The molecule has 4 heteroatoms. The van der Waals surface area contributed by atoms with E-state index in [2.05, 4.69) is 151 Å². The van der Waals surface area contributed by atoms with Crippen LogP contribution in [0, 0.1) is 0 Å². The van der Waals surface area contributed by atoms with Gasteiger partial charge in [-0.3, -0.25) is 4.57 Å². The Kier molecular flexibility index (Phi) is 7.15. The Bertz CT molecular complexity index is 1990. The average Bonchev–Trinajstić information content (AvgIpc) is 3.29. The summed E-state index contributed by atoms with van der Waals surface area (Å²) in [7, 11) is 0. The fraction of sp³-hybridized carbons (Fsp3) is 0.300. The molecule has 44 heavy (non-hydrogen) atoms. The highest BCUT2D eigenvalue weighted by atomic mass is 16.5. The molecule has 0 atom stereocenters. The Labute approximate surface area is 261 Å². The Morgan fingerprint density at radius 1 is 0.523 bits per heavy atom. The van der Waals surface area contributed by atoms with Crippen molar-refractivity contribution in [3.63, 3.8) is 0 Å². The molecule has 3 aromatic carbocycles. The first kappa shape index (κ1) is 29.6. The lowest BCUT2D eigenvalue weighted by molar-refractivity contribution is 0.456. The van der Waals surface area contributed by atoms with Crippen LogP contribution in [-0.2, 0) is 16.2 Å². The molecule has 224 valence electrons. The van der Waals surface area contributed by atoms with Gasteiger partial charge in [-0.2, -0.15) is 0 Å². The summed E-state index contributed by atoms with van der Waals surface area (Å²) in [5.41, 5.74) is 8.13. The number of benzene rings is 3. The predicted molar refractivity (Wildman–Crippen MR) is 184 cm³/mol. The van der Waals surface area contributed by atoms with Gasteiger partial charge in [0.1, 0.15) is 11.6 Å². The van der Waals surface area contributed by atoms with Crippen molar-refractivity contribution in [1.82, 2.24) is 14.5 Å². The molecule has 0 aliphatic heterocycles. The Morgan fingerprint density at radius 2 is 1.16 bits per heavy atom. The number of ether oxygens (including phenoxy) is 1. The number of nitrogens with zero attached hydrogens (tertiary/aromatic N) is 3. The van der Waals surface area contributed by atoms with E-state index in [0.29, 0.717) is 5.88 Å². The van der Waals surface area contributed by atoms with Crippen molar-refractivity contribution in [1.29, 1.82) is 0 Å². The molecule has 3 heterocycles. The summed E-state index contributed by atoms with van der Waals surface area (Å²) in [5.74, 6) is 2.32. The number of fused-ring (bicyclic) bond motifs is 3. The predicted octanol–water partition coefficient (Wildman–Crippen LogP) is 10.9. The van der Waals surface area contributed by atoms with Crippen LogP contribution in [0.4, 0.5) is 0 Å². The zero-order valence-corrected chi connectivity index (χ0v) is 27.5. The molecule has 0 amide bonds. The van der Waals surface area contributed by atoms with Crippen LogP contribution >= 0.6 is 0 Å². The molecule has 0 unspecified atom stereocenters. The summed E-state index contributed by atoms with van der Waals surface area (Å²) in [6, 6.07) is 30.4. The Hall–Kier alpha value is -4.44. The Morgan fingerprint density at radius 3 is 1.86 bits per heavy atom. The van der Waals surface area contributed by atoms with Gasteiger partial charge in [0.05, 0.1) is 11.0 Å². The van der Waals surface area contributed by atoms with E-state index >= 15 is 0 Å². The second-order valence-corrected chi connectivity index (χ2v) is 15.0. The summed E-state index contributed by atoms with van der Waals surface area (Å²) in [6.45, 7) is 20.1. The number of pyridine rings is 2. The minimum Gasteiger partial charge on any atom is -0.439 e. The van der Waals surface area contributed by atoms with E-state index in [0.717, 1.165) is 33.7 Å². The normalized spacial score (nSPS) is 12.7. The zero-order chi connectivity index (χ0) is 31.4. The van der Waals surface area contributed by atoms with Crippen LogP contribution in [0.15, 0.2) is 97.3 Å². The number of para-hydroxylation sites is 1. The molecule has 6 rings (SSSR count). The maximum Gasteiger partial charge on any atom is 0.219 e. The highest BCUT2D eigenvalue weighted by Gasteiger charge is 2.21. The van der Waals surface area contributed by atoms with Gasteiger partial charge < -0.3 is 4.74 Å². The van der Waals surface area contributed by atoms with E-state index < -0.39 is 0 Å². The van der Waals surface area contributed by atoms with Crippen molar-refractivity contribution < 1.29 is 4.74 Å². The Balaban J connectivity index is 1.52. The minimum absolute atomic E-state index is 0.00852. The molecule has 0 N–H and O–H groups in total. The smallest absolute Gasteiger partial charge is 0.219 e. The van der Waals surface area contributed by atoms with Crippen molar-refractivity contribution in [3.8, 4) is 28.6 Å². The van der Waals surface area contributed by atoms with Gasteiger partial charge in [0.25, 0.3) is 0 Å². The van der Waals surface area contributed by atoms with Gasteiger partial charge in [0, 0.05) is 29.2 Å². The van der Waals surface area contributed by atoms with E-state index in [1.807, 2.05) is 18.5 Å². The fourth-order valence-corrected chi connectivity index (χ4v) is 5.71. The lowest BCUT2D eigenvalue weighted by atomic mass is 9.85. The SMILES string of the molecule is CC(C)(C)c1cc(Oc2cc(C(C)(C)C)ccn2)cc(-c2ccc3c4ccccc4n(-c4cc(C(C)(C)C)ccn4)c3c2)c1. The van der Waals surface area contributed by atoms with Gasteiger partial charge in [-0.05, 0) is 86.5 Å². The molecule has 0 radical (unpaired) electrons.